The molecule has 1 saturated heterocycles. The van der Waals surface area contributed by atoms with Crippen LogP contribution in [0.25, 0.3) is 0 Å². The van der Waals surface area contributed by atoms with Crippen LogP contribution in [0.2, 0.25) is 0 Å². The van der Waals surface area contributed by atoms with Crippen LogP contribution in [0, 0.1) is 5.41 Å². The molecular formula is C12H21N3O2. The number of carbonyl (C=O) groups excluding carboxylic acids is 2. The molecule has 2 aliphatic rings. The zero-order chi connectivity index (χ0) is 12.5. The van der Waals surface area contributed by atoms with E-state index in [4.69, 9.17) is 5.73 Å². The zero-order valence-electron chi connectivity index (χ0n) is 10.4. The predicted octanol–water partition coefficient (Wildman–Crippen LogP) is -0.148. The van der Waals surface area contributed by atoms with E-state index in [1.807, 2.05) is 0 Å². The lowest BCUT2D eigenvalue weighted by molar-refractivity contribution is -0.150. The maximum Gasteiger partial charge on any atom is 0.242 e. The van der Waals surface area contributed by atoms with E-state index >= 15 is 0 Å². The molecule has 0 spiro atoms. The van der Waals surface area contributed by atoms with Gasteiger partial charge in [-0.25, -0.2) is 0 Å². The largest absolute Gasteiger partial charge is 0.357 e. The van der Waals surface area contributed by atoms with Crippen LogP contribution in [0.15, 0.2) is 0 Å². The summed E-state index contributed by atoms with van der Waals surface area (Å²) in [5.41, 5.74) is 5.38. The fourth-order valence-electron chi connectivity index (χ4n) is 2.86. The first-order chi connectivity index (χ1) is 8.14. The van der Waals surface area contributed by atoms with Crippen molar-refractivity contribution in [2.24, 2.45) is 11.1 Å². The highest BCUT2D eigenvalue weighted by molar-refractivity contribution is 5.91. The van der Waals surface area contributed by atoms with Crippen molar-refractivity contribution in [2.45, 2.75) is 38.1 Å². The molecule has 0 bridgehead atoms. The van der Waals surface area contributed by atoms with Gasteiger partial charge in [0.25, 0.3) is 0 Å². The molecular weight excluding hydrogens is 218 g/mol. The Hall–Kier alpha value is -1.10. The highest BCUT2D eigenvalue weighted by Crippen LogP contribution is 2.42. The van der Waals surface area contributed by atoms with Crippen molar-refractivity contribution in [3.8, 4) is 0 Å². The van der Waals surface area contributed by atoms with Crippen LogP contribution in [-0.4, -0.2) is 42.9 Å². The lowest BCUT2D eigenvalue weighted by Gasteiger charge is -2.43. The van der Waals surface area contributed by atoms with E-state index in [2.05, 4.69) is 5.32 Å². The summed E-state index contributed by atoms with van der Waals surface area (Å²) < 4.78 is 0. The quantitative estimate of drug-likeness (QED) is 0.719. The third-order valence-electron chi connectivity index (χ3n) is 4.22. The van der Waals surface area contributed by atoms with E-state index < -0.39 is 0 Å². The number of amides is 2. The number of likely N-dealkylation sites (tertiary alicyclic amines) is 1. The van der Waals surface area contributed by atoms with Gasteiger partial charge in [-0.1, -0.05) is 6.42 Å². The maximum atomic E-state index is 12.5. The molecule has 1 atom stereocenters. The molecule has 2 amide bonds. The topological polar surface area (TPSA) is 75.4 Å². The average molecular weight is 239 g/mol. The van der Waals surface area contributed by atoms with Gasteiger partial charge in [0.1, 0.15) is 6.04 Å². The standard InChI is InChI=1S/C12H21N3O2/c1-14-10(16)9-4-2-7-15(9)11(17)12(8-13)5-3-6-12/h9H,2-8,13H2,1H3,(H,14,16). The van der Waals surface area contributed by atoms with Gasteiger partial charge in [0.05, 0.1) is 5.41 Å². The second-order valence-corrected chi connectivity index (χ2v) is 5.11. The first-order valence-corrected chi connectivity index (χ1v) is 6.37. The number of hydrogen-bond acceptors (Lipinski definition) is 3. The maximum absolute atomic E-state index is 12.5. The van der Waals surface area contributed by atoms with Gasteiger partial charge in [-0.05, 0) is 25.7 Å². The molecule has 96 valence electrons. The van der Waals surface area contributed by atoms with Crippen LogP contribution in [0.4, 0.5) is 0 Å². The van der Waals surface area contributed by atoms with Crippen LogP contribution in [-0.2, 0) is 9.59 Å². The van der Waals surface area contributed by atoms with Crippen LogP contribution in [0.5, 0.6) is 0 Å². The van der Waals surface area contributed by atoms with E-state index in [9.17, 15) is 9.59 Å². The minimum absolute atomic E-state index is 0.0534. The average Bonchev–Trinajstić information content (AvgIpc) is 2.75. The normalized spacial score (nSPS) is 26.5. The third-order valence-corrected chi connectivity index (χ3v) is 4.22. The van der Waals surface area contributed by atoms with Gasteiger partial charge in [-0.2, -0.15) is 0 Å². The summed E-state index contributed by atoms with van der Waals surface area (Å²) in [6.45, 7) is 1.10. The summed E-state index contributed by atoms with van der Waals surface area (Å²) in [5.74, 6) is 0.0414. The van der Waals surface area contributed by atoms with Crippen LogP contribution in [0.3, 0.4) is 0 Å². The number of nitrogens with two attached hydrogens (primary N) is 1. The molecule has 17 heavy (non-hydrogen) atoms. The monoisotopic (exact) mass is 239 g/mol. The molecule has 1 aliphatic carbocycles. The predicted molar refractivity (Wildman–Crippen MR) is 64.1 cm³/mol. The number of carbonyl (C=O) groups is 2. The number of nitrogens with zero attached hydrogens (tertiary/aromatic N) is 1. The highest BCUT2D eigenvalue weighted by Gasteiger charge is 2.48. The van der Waals surface area contributed by atoms with Gasteiger partial charge in [-0.3, -0.25) is 9.59 Å². The van der Waals surface area contributed by atoms with E-state index in [1.54, 1.807) is 11.9 Å². The number of hydrogen-bond donors (Lipinski definition) is 2. The number of likely N-dealkylation sites (N-methyl/N-ethyl adjacent to an activating group) is 1. The molecule has 1 aliphatic heterocycles. The van der Waals surface area contributed by atoms with Crippen molar-refractivity contribution in [1.29, 1.82) is 0 Å². The molecule has 1 heterocycles. The minimum atomic E-state index is -0.364. The van der Waals surface area contributed by atoms with Crippen LogP contribution >= 0.6 is 0 Å². The number of rotatable bonds is 3. The summed E-state index contributed by atoms with van der Waals surface area (Å²) in [6.07, 6.45) is 4.50. The SMILES string of the molecule is CNC(=O)C1CCCN1C(=O)C1(CN)CCC1. The van der Waals surface area contributed by atoms with Gasteiger partial charge in [0.15, 0.2) is 0 Å². The van der Waals surface area contributed by atoms with Gasteiger partial charge >= 0.3 is 0 Å². The number of nitrogens with one attached hydrogen (secondary N) is 1. The molecule has 0 aromatic rings. The van der Waals surface area contributed by atoms with Crippen LogP contribution < -0.4 is 11.1 Å². The molecule has 5 nitrogen and oxygen atoms in total. The molecule has 0 aromatic heterocycles. The van der Waals surface area contributed by atoms with Gasteiger partial charge in [-0.15, -0.1) is 0 Å². The van der Waals surface area contributed by atoms with Gasteiger partial charge in [0, 0.05) is 20.1 Å². The van der Waals surface area contributed by atoms with Crippen LogP contribution in [0.1, 0.15) is 32.1 Å². The Balaban J connectivity index is 2.10. The molecule has 2 rings (SSSR count). The first-order valence-electron chi connectivity index (χ1n) is 6.37. The van der Waals surface area contributed by atoms with Gasteiger partial charge < -0.3 is 16.0 Å². The Morgan fingerprint density at radius 2 is 2.12 bits per heavy atom. The van der Waals surface area contributed by atoms with Crippen molar-refractivity contribution in [3.05, 3.63) is 0 Å². The fourth-order valence-corrected chi connectivity index (χ4v) is 2.86. The lowest BCUT2D eigenvalue weighted by Crippen LogP contribution is -2.55. The Morgan fingerprint density at radius 1 is 1.41 bits per heavy atom. The van der Waals surface area contributed by atoms with E-state index in [1.165, 1.54) is 0 Å². The second kappa shape index (κ2) is 4.64. The summed E-state index contributed by atoms with van der Waals surface area (Å²) in [6, 6.07) is -0.281. The third kappa shape index (κ3) is 1.92. The van der Waals surface area contributed by atoms with E-state index in [-0.39, 0.29) is 23.3 Å². The Bertz CT molecular complexity index is 320. The fraction of sp³-hybridized carbons (Fsp3) is 0.833. The van der Waals surface area contributed by atoms with Crippen molar-refractivity contribution in [2.75, 3.05) is 20.1 Å². The molecule has 3 N–H and O–H groups in total. The van der Waals surface area contributed by atoms with E-state index in [0.717, 1.165) is 32.1 Å². The van der Waals surface area contributed by atoms with E-state index in [0.29, 0.717) is 13.1 Å². The van der Waals surface area contributed by atoms with Crippen molar-refractivity contribution in [1.82, 2.24) is 10.2 Å². The molecule has 1 unspecified atom stereocenters. The lowest BCUT2D eigenvalue weighted by atomic mass is 9.67. The Labute approximate surface area is 102 Å². The molecule has 0 aromatic carbocycles. The first kappa shape index (κ1) is 12.4. The van der Waals surface area contributed by atoms with Crippen molar-refractivity contribution in [3.63, 3.8) is 0 Å². The zero-order valence-corrected chi connectivity index (χ0v) is 10.4. The molecule has 0 radical (unpaired) electrons. The minimum Gasteiger partial charge on any atom is -0.357 e. The molecule has 5 heteroatoms. The van der Waals surface area contributed by atoms with Crippen molar-refractivity contribution < 1.29 is 9.59 Å². The Morgan fingerprint density at radius 3 is 2.59 bits per heavy atom. The molecule has 1 saturated carbocycles. The summed E-state index contributed by atoms with van der Waals surface area (Å²) in [7, 11) is 1.62. The molecule has 2 fully saturated rings. The summed E-state index contributed by atoms with van der Waals surface area (Å²) in [5, 5.41) is 2.63. The highest BCUT2D eigenvalue weighted by atomic mass is 16.2. The summed E-state index contributed by atoms with van der Waals surface area (Å²) >= 11 is 0. The Kier molecular flexibility index (Phi) is 3.38. The van der Waals surface area contributed by atoms with Crippen molar-refractivity contribution >= 4 is 11.8 Å². The smallest absolute Gasteiger partial charge is 0.242 e. The van der Waals surface area contributed by atoms with Gasteiger partial charge in [0.2, 0.25) is 11.8 Å². The second-order valence-electron chi connectivity index (χ2n) is 5.11. The summed E-state index contributed by atoms with van der Waals surface area (Å²) in [4.78, 5) is 25.9.